The normalized spacial score (nSPS) is 11.0. The second-order valence-electron chi connectivity index (χ2n) is 8.04. The molecule has 12 heteroatoms. The van der Waals surface area contributed by atoms with Gasteiger partial charge in [-0.2, -0.15) is 0 Å². The van der Waals surface area contributed by atoms with Crippen molar-refractivity contribution in [1.29, 1.82) is 0 Å². The summed E-state index contributed by atoms with van der Waals surface area (Å²) in [4.78, 5) is 20.5. The van der Waals surface area contributed by atoms with Crippen molar-refractivity contribution in [2.45, 2.75) is 6.92 Å². The summed E-state index contributed by atoms with van der Waals surface area (Å²) in [6, 6.07) is 16.4. The molecule has 0 aliphatic carbocycles. The van der Waals surface area contributed by atoms with Crippen molar-refractivity contribution in [3.63, 3.8) is 0 Å². The molecule has 0 aliphatic heterocycles. The highest BCUT2D eigenvalue weighted by Gasteiger charge is 2.21. The number of pyridine rings is 1. The number of nitrogen functional groups attached to an aromatic ring is 1. The second kappa shape index (κ2) is 10.3. The summed E-state index contributed by atoms with van der Waals surface area (Å²) >= 11 is 0. The standard InChI is InChI=1S/C25H24N8O4/c1-15(34)29-16-4-3-5-19(12-16)36-22-13-21-20(14-28-22)30-25(23-24(26)32-37-31-23)33(21)17-6-8-18(9-7-17)35-11-10-27-2/h3-9,12-14,27H,10-11H2,1-2H3,(H2,26,32)(H,29,34). The summed E-state index contributed by atoms with van der Waals surface area (Å²) in [5.41, 5.74) is 8.98. The lowest BCUT2D eigenvalue weighted by Crippen LogP contribution is -2.15. The largest absolute Gasteiger partial charge is 0.492 e. The molecule has 5 aromatic rings. The van der Waals surface area contributed by atoms with Gasteiger partial charge in [-0.25, -0.2) is 14.6 Å². The van der Waals surface area contributed by atoms with Gasteiger partial charge < -0.3 is 25.8 Å². The maximum atomic E-state index is 11.4. The van der Waals surface area contributed by atoms with E-state index in [9.17, 15) is 4.79 Å². The van der Waals surface area contributed by atoms with Crippen LogP contribution in [0.3, 0.4) is 0 Å². The number of nitrogens with two attached hydrogens (primary N) is 1. The van der Waals surface area contributed by atoms with Crippen LogP contribution in [0.4, 0.5) is 11.5 Å². The van der Waals surface area contributed by atoms with Gasteiger partial charge in [0.2, 0.25) is 11.8 Å². The zero-order chi connectivity index (χ0) is 25.8. The number of benzene rings is 2. The molecule has 188 valence electrons. The van der Waals surface area contributed by atoms with Crippen LogP contribution in [-0.4, -0.2) is 51.0 Å². The lowest BCUT2D eigenvalue weighted by atomic mass is 10.2. The third kappa shape index (κ3) is 5.18. The van der Waals surface area contributed by atoms with Crippen LogP contribution in [0.1, 0.15) is 6.92 Å². The maximum absolute atomic E-state index is 11.4. The van der Waals surface area contributed by atoms with Crippen LogP contribution >= 0.6 is 0 Å². The number of aromatic nitrogens is 5. The van der Waals surface area contributed by atoms with Gasteiger partial charge in [0.25, 0.3) is 0 Å². The number of hydrogen-bond donors (Lipinski definition) is 3. The molecule has 0 saturated heterocycles. The van der Waals surface area contributed by atoms with Crippen molar-refractivity contribution in [3.05, 3.63) is 60.8 Å². The van der Waals surface area contributed by atoms with Gasteiger partial charge in [0, 0.05) is 37.0 Å². The Hall–Kier alpha value is -4.97. The molecule has 5 rings (SSSR count). The number of anilines is 2. The van der Waals surface area contributed by atoms with Gasteiger partial charge in [-0.1, -0.05) is 6.07 Å². The van der Waals surface area contributed by atoms with E-state index in [0.717, 1.165) is 18.0 Å². The minimum atomic E-state index is -0.173. The summed E-state index contributed by atoms with van der Waals surface area (Å²) in [7, 11) is 1.87. The Bertz CT molecular complexity index is 1540. The van der Waals surface area contributed by atoms with E-state index in [4.69, 9.17) is 19.8 Å². The first kappa shape index (κ1) is 23.8. The first-order valence-electron chi connectivity index (χ1n) is 11.4. The highest BCUT2D eigenvalue weighted by Crippen LogP contribution is 2.33. The van der Waals surface area contributed by atoms with Crippen LogP contribution < -0.4 is 25.8 Å². The highest BCUT2D eigenvalue weighted by molar-refractivity contribution is 5.89. The summed E-state index contributed by atoms with van der Waals surface area (Å²) in [6.45, 7) is 2.73. The van der Waals surface area contributed by atoms with E-state index >= 15 is 0 Å². The number of likely N-dealkylation sites (N-methyl/N-ethyl adjacent to an activating group) is 1. The molecule has 1 amide bonds. The van der Waals surface area contributed by atoms with Crippen LogP contribution in [0.15, 0.2) is 65.4 Å². The number of imidazole rings is 1. The first-order valence-corrected chi connectivity index (χ1v) is 11.4. The van der Waals surface area contributed by atoms with Gasteiger partial charge in [0.15, 0.2) is 17.3 Å². The van der Waals surface area contributed by atoms with Crippen LogP contribution in [0.5, 0.6) is 17.4 Å². The van der Waals surface area contributed by atoms with E-state index in [0.29, 0.717) is 46.5 Å². The predicted molar refractivity (Wildman–Crippen MR) is 137 cm³/mol. The fourth-order valence-electron chi connectivity index (χ4n) is 3.71. The number of nitrogens with zero attached hydrogens (tertiary/aromatic N) is 5. The van der Waals surface area contributed by atoms with E-state index < -0.39 is 0 Å². The molecule has 0 radical (unpaired) electrons. The molecule has 3 heterocycles. The molecular weight excluding hydrogens is 476 g/mol. The van der Waals surface area contributed by atoms with Crippen LogP contribution in [0.2, 0.25) is 0 Å². The number of carbonyl (C=O) groups is 1. The molecule has 0 fully saturated rings. The van der Waals surface area contributed by atoms with Crippen LogP contribution in [-0.2, 0) is 4.79 Å². The Morgan fingerprint density at radius 2 is 1.95 bits per heavy atom. The van der Waals surface area contributed by atoms with Crippen LogP contribution in [0.25, 0.3) is 28.2 Å². The number of nitrogens with one attached hydrogen (secondary N) is 2. The Labute approximate surface area is 211 Å². The van der Waals surface area contributed by atoms with Gasteiger partial charge in [-0.3, -0.25) is 9.36 Å². The molecule has 0 spiro atoms. The molecule has 2 aromatic carbocycles. The predicted octanol–water partition coefficient (Wildman–Crippen LogP) is 3.40. The van der Waals surface area contributed by atoms with Gasteiger partial charge in [0.05, 0.1) is 11.7 Å². The van der Waals surface area contributed by atoms with Crippen LogP contribution in [0, 0.1) is 0 Å². The third-order valence-corrected chi connectivity index (χ3v) is 5.33. The van der Waals surface area contributed by atoms with Crippen molar-refractivity contribution in [2.75, 3.05) is 31.2 Å². The SMILES string of the molecule is CNCCOc1ccc(-n2c(-c3nonc3N)nc3cnc(Oc4cccc(NC(C)=O)c4)cc32)cc1. The Balaban J connectivity index is 1.55. The minimum absolute atomic E-state index is 0.114. The van der Waals surface area contributed by atoms with Crippen molar-refractivity contribution in [3.8, 4) is 34.6 Å². The molecule has 0 saturated carbocycles. The molecule has 0 aliphatic rings. The van der Waals surface area contributed by atoms with Gasteiger partial charge in [-0.05, 0) is 53.8 Å². The van der Waals surface area contributed by atoms with Gasteiger partial charge >= 0.3 is 0 Å². The average Bonchev–Trinajstić information content (AvgIpc) is 3.47. The topological polar surface area (TPSA) is 155 Å². The molecule has 4 N–H and O–H groups in total. The first-order chi connectivity index (χ1) is 18.0. The maximum Gasteiger partial charge on any atom is 0.221 e. The molecule has 3 aromatic heterocycles. The van der Waals surface area contributed by atoms with Gasteiger partial charge in [0.1, 0.15) is 23.6 Å². The zero-order valence-corrected chi connectivity index (χ0v) is 20.1. The van der Waals surface area contributed by atoms with E-state index in [-0.39, 0.29) is 11.7 Å². The second-order valence-corrected chi connectivity index (χ2v) is 8.04. The lowest BCUT2D eigenvalue weighted by Gasteiger charge is -2.11. The molecule has 0 atom stereocenters. The number of ether oxygens (including phenoxy) is 2. The lowest BCUT2D eigenvalue weighted by molar-refractivity contribution is -0.114. The summed E-state index contributed by atoms with van der Waals surface area (Å²) in [5, 5.41) is 13.4. The average molecular weight is 501 g/mol. The quantitative estimate of drug-likeness (QED) is 0.256. The van der Waals surface area contributed by atoms with E-state index in [1.807, 2.05) is 35.9 Å². The van der Waals surface area contributed by atoms with E-state index in [1.54, 1.807) is 36.5 Å². The number of fused-ring (bicyclic) bond motifs is 1. The zero-order valence-electron chi connectivity index (χ0n) is 20.1. The van der Waals surface area contributed by atoms with Crippen molar-refractivity contribution in [1.82, 2.24) is 30.2 Å². The van der Waals surface area contributed by atoms with Crippen molar-refractivity contribution < 1.29 is 18.9 Å². The molecule has 0 unspecified atom stereocenters. The third-order valence-electron chi connectivity index (χ3n) is 5.33. The summed E-state index contributed by atoms with van der Waals surface area (Å²) in [5.74, 6) is 1.95. The smallest absolute Gasteiger partial charge is 0.221 e. The molecular formula is C25H24N8O4. The minimum Gasteiger partial charge on any atom is -0.492 e. The summed E-state index contributed by atoms with van der Waals surface area (Å²) < 4.78 is 18.4. The number of carbonyl (C=O) groups excluding carboxylic acids is 1. The monoisotopic (exact) mass is 500 g/mol. The number of hydrogen-bond acceptors (Lipinski definition) is 10. The van der Waals surface area contributed by atoms with Crippen molar-refractivity contribution >= 4 is 28.4 Å². The number of amides is 1. The van der Waals surface area contributed by atoms with E-state index in [1.165, 1.54) is 6.92 Å². The molecule has 37 heavy (non-hydrogen) atoms. The van der Waals surface area contributed by atoms with Gasteiger partial charge in [-0.15, -0.1) is 0 Å². The fraction of sp³-hybridized carbons (Fsp3) is 0.160. The van der Waals surface area contributed by atoms with E-state index in [2.05, 4.69) is 30.9 Å². The Morgan fingerprint density at radius 1 is 1.11 bits per heavy atom. The highest BCUT2D eigenvalue weighted by atomic mass is 16.6. The fourth-order valence-corrected chi connectivity index (χ4v) is 3.71. The number of rotatable bonds is 9. The summed E-state index contributed by atoms with van der Waals surface area (Å²) in [6.07, 6.45) is 1.60. The molecule has 0 bridgehead atoms. The molecule has 12 nitrogen and oxygen atoms in total. The Kier molecular flexibility index (Phi) is 6.64. The Morgan fingerprint density at radius 3 is 2.68 bits per heavy atom. The van der Waals surface area contributed by atoms with Crippen molar-refractivity contribution in [2.24, 2.45) is 0 Å².